The van der Waals surface area contributed by atoms with Crippen LogP contribution in [0.15, 0.2) is 21.3 Å². The Morgan fingerprint density at radius 3 is 2.94 bits per heavy atom. The number of aryl methyl sites for hydroxylation is 1. The molecule has 1 aromatic rings. The molecular formula is C11H16ClNO3. The molecular weight excluding hydrogens is 230 g/mol. The van der Waals surface area contributed by atoms with E-state index < -0.39 is 0 Å². The van der Waals surface area contributed by atoms with Gasteiger partial charge in [0.05, 0.1) is 6.07 Å². The third-order valence-electron chi connectivity index (χ3n) is 2.42. The third kappa shape index (κ3) is 3.54. The van der Waals surface area contributed by atoms with Crippen molar-refractivity contribution in [3.8, 4) is 5.75 Å². The van der Waals surface area contributed by atoms with Gasteiger partial charge in [-0.3, -0.25) is 0 Å². The van der Waals surface area contributed by atoms with Crippen LogP contribution in [-0.4, -0.2) is 19.2 Å². The minimum atomic E-state index is -0.353. The molecule has 90 valence electrons. The molecule has 1 aromatic heterocycles. The predicted octanol–water partition coefficient (Wildman–Crippen LogP) is 1.50. The van der Waals surface area contributed by atoms with Crippen LogP contribution < -0.4 is 15.7 Å². The molecule has 1 fully saturated rings. The molecule has 5 heteroatoms. The molecule has 2 rings (SSSR count). The van der Waals surface area contributed by atoms with E-state index in [4.69, 9.17) is 9.15 Å². The van der Waals surface area contributed by atoms with Crippen LogP contribution in [0.1, 0.15) is 18.6 Å². The Balaban J connectivity index is 0.00000128. The van der Waals surface area contributed by atoms with E-state index in [1.54, 1.807) is 13.0 Å². The van der Waals surface area contributed by atoms with Gasteiger partial charge in [-0.15, -0.1) is 12.4 Å². The Hall–Kier alpha value is -1.00. The van der Waals surface area contributed by atoms with Crippen molar-refractivity contribution in [1.29, 1.82) is 0 Å². The molecule has 1 N–H and O–H groups in total. The molecule has 0 bridgehead atoms. The number of hydrogen-bond donors (Lipinski definition) is 1. The summed E-state index contributed by atoms with van der Waals surface area (Å²) < 4.78 is 10.6. The molecule has 16 heavy (non-hydrogen) atoms. The van der Waals surface area contributed by atoms with Crippen LogP contribution in [0.25, 0.3) is 0 Å². The minimum Gasteiger partial charge on any atom is -0.489 e. The first-order valence-corrected chi connectivity index (χ1v) is 5.23. The summed E-state index contributed by atoms with van der Waals surface area (Å²) >= 11 is 0. The summed E-state index contributed by atoms with van der Waals surface area (Å²) in [6.45, 7) is 3.64. The summed E-state index contributed by atoms with van der Waals surface area (Å²) in [5, 5.41) is 3.26. The second kappa shape index (κ2) is 5.92. The van der Waals surface area contributed by atoms with Crippen molar-refractivity contribution in [3.05, 3.63) is 28.3 Å². The van der Waals surface area contributed by atoms with E-state index in [0.717, 1.165) is 25.9 Å². The maximum Gasteiger partial charge on any atom is 0.339 e. The van der Waals surface area contributed by atoms with Crippen molar-refractivity contribution in [2.75, 3.05) is 13.1 Å². The highest BCUT2D eigenvalue weighted by molar-refractivity contribution is 5.85. The van der Waals surface area contributed by atoms with Crippen LogP contribution in [0, 0.1) is 6.92 Å². The van der Waals surface area contributed by atoms with Crippen molar-refractivity contribution >= 4 is 12.4 Å². The van der Waals surface area contributed by atoms with E-state index in [1.807, 2.05) is 0 Å². The lowest BCUT2D eigenvalue weighted by atomic mass is 10.1. The Labute approximate surface area is 100 Å². The van der Waals surface area contributed by atoms with Gasteiger partial charge in [0.2, 0.25) is 0 Å². The van der Waals surface area contributed by atoms with Crippen molar-refractivity contribution in [2.24, 2.45) is 0 Å². The Bertz CT molecular complexity index is 385. The summed E-state index contributed by atoms with van der Waals surface area (Å²) in [6.07, 6.45) is 2.32. The van der Waals surface area contributed by atoms with Crippen LogP contribution in [0.4, 0.5) is 0 Å². The second-order valence-corrected chi connectivity index (χ2v) is 3.81. The van der Waals surface area contributed by atoms with E-state index in [-0.39, 0.29) is 24.1 Å². The lowest BCUT2D eigenvalue weighted by Crippen LogP contribution is -2.37. The predicted molar refractivity (Wildman–Crippen MR) is 63.5 cm³/mol. The molecule has 2 heterocycles. The number of hydrogen-bond acceptors (Lipinski definition) is 4. The topological polar surface area (TPSA) is 51.5 Å². The van der Waals surface area contributed by atoms with Crippen LogP contribution in [0.5, 0.6) is 5.75 Å². The highest BCUT2D eigenvalue weighted by Gasteiger charge is 2.14. The maximum atomic E-state index is 11.1. The lowest BCUT2D eigenvalue weighted by Gasteiger charge is -2.23. The molecule has 0 aliphatic carbocycles. The number of nitrogens with one attached hydrogen (secondary N) is 1. The van der Waals surface area contributed by atoms with Gasteiger partial charge in [0, 0.05) is 12.6 Å². The lowest BCUT2D eigenvalue weighted by molar-refractivity contribution is 0.165. The summed E-state index contributed by atoms with van der Waals surface area (Å²) in [4.78, 5) is 11.1. The molecule has 0 spiro atoms. The molecule has 0 radical (unpaired) electrons. The van der Waals surface area contributed by atoms with Gasteiger partial charge in [-0.25, -0.2) is 4.79 Å². The highest BCUT2D eigenvalue weighted by Crippen LogP contribution is 2.14. The van der Waals surface area contributed by atoms with E-state index in [1.165, 1.54) is 6.07 Å². The molecule has 4 nitrogen and oxygen atoms in total. The third-order valence-corrected chi connectivity index (χ3v) is 2.42. The zero-order chi connectivity index (χ0) is 10.7. The Kier molecular flexibility index (Phi) is 4.83. The molecule has 1 atom stereocenters. The monoisotopic (exact) mass is 245 g/mol. The zero-order valence-electron chi connectivity index (χ0n) is 9.19. The van der Waals surface area contributed by atoms with Gasteiger partial charge < -0.3 is 14.5 Å². The number of ether oxygens (including phenoxy) is 1. The van der Waals surface area contributed by atoms with Gasteiger partial charge in [-0.05, 0) is 26.3 Å². The zero-order valence-corrected chi connectivity index (χ0v) is 10.0. The normalized spacial score (nSPS) is 19.9. The first kappa shape index (κ1) is 13.1. The van der Waals surface area contributed by atoms with E-state index >= 15 is 0 Å². The number of piperidine rings is 1. The van der Waals surface area contributed by atoms with Gasteiger partial charge in [0.25, 0.3) is 0 Å². The smallest absolute Gasteiger partial charge is 0.339 e. The van der Waals surface area contributed by atoms with E-state index in [9.17, 15) is 4.79 Å². The van der Waals surface area contributed by atoms with Gasteiger partial charge in [0.15, 0.2) is 0 Å². The summed E-state index contributed by atoms with van der Waals surface area (Å²) in [7, 11) is 0. The first-order valence-electron chi connectivity index (χ1n) is 5.23. The largest absolute Gasteiger partial charge is 0.489 e. The minimum absolute atomic E-state index is 0. The van der Waals surface area contributed by atoms with Gasteiger partial charge in [-0.2, -0.15) is 0 Å². The number of rotatable bonds is 2. The quantitative estimate of drug-likeness (QED) is 0.858. The fraction of sp³-hybridized carbons (Fsp3) is 0.545. The maximum absolute atomic E-state index is 11.1. The SMILES string of the molecule is Cc1cc(OC2CCCNC2)cc(=O)o1.Cl. The highest BCUT2D eigenvalue weighted by atomic mass is 35.5. The van der Waals surface area contributed by atoms with Gasteiger partial charge in [-0.1, -0.05) is 0 Å². The van der Waals surface area contributed by atoms with Crippen molar-refractivity contribution in [3.63, 3.8) is 0 Å². The Morgan fingerprint density at radius 1 is 1.50 bits per heavy atom. The molecule has 0 aromatic carbocycles. The summed E-state index contributed by atoms with van der Waals surface area (Å²) in [5.74, 6) is 1.19. The van der Waals surface area contributed by atoms with Crippen molar-refractivity contribution < 1.29 is 9.15 Å². The van der Waals surface area contributed by atoms with Crippen LogP contribution in [-0.2, 0) is 0 Å². The first-order chi connectivity index (χ1) is 7.24. The average molecular weight is 246 g/mol. The average Bonchev–Trinajstić information content (AvgIpc) is 2.17. The summed E-state index contributed by atoms with van der Waals surface area (Å²) in [6, 6.07) is 3.14. The second-order valence-electron chi connectivity index (χ2n) is 3.81. The van der Waals surface area contributed by atoms with Crippen LogP contribution in [0.2, 0.25) is 0 Å². The molecule has 1 aliphatic rings. The van der Waals surface area contributed by atoms with Crippen LogP contribution >= 0.6 is 12.4 Å². The number of halogens is 1. The summed E-state index contributed by atoms with van der Waals surface area (Å²) in [5.41, 5.74) is -0.353. The van der Waals surface area contributed by atoms with Gasteiger partial charge >= 0.3 is 5.63 Å². The molecule has 1 aliphatic heterocycles. The molecule has 0 saturated carbocycles. The molecule has 0 amide bonds. The molecule has 1 saturated heterocycles. The van der Waals surface area contributed by atoms with Crippen molar-refractivity contribution in [1.82, 2.24) is 5.32 Å². The van der Waals surface area contributed by atoms with Crippen molar-refractivity contribution in [2.45, 2.75) is 25.9 Å². The standard InChI is InChI=1S/C11H15NO3.ClH/c1-8-5-10(6-11(13)14-8)15-9-3-2-4-12-7-9;/h5-6,9,12H,2-4,7H2,1H3;1H. The van der Waals surface area contributed by atoms with E-state index in [2.05, 4.69) is 5.32 Å². The van der Waals surface area contributed by atoms with Crippen LogP contribution in [0.3, 0.4) is 0 Å². The fourth-order valence-electron chi connectivity index (χ4n) is 1.76. The fourth-order valence-corrected chi connectivity index (χ4v) is 1.76. The Morgan fingerprint density at radius 2 is 2.31 bits per heavy atom. The van der Waals surface area contributed by atoms with E-state index in [0.29, 0.717) is 11.5 Å². The molecule has 1 unspecified atom stereocenters. The van der Waals surface area contributed by atoms with Gasteiger partial charge in [0.1, 0.15) is 17.6 Å².